The van der Waals surface area contributed by atoms with Crippen LogP contribution in [0.5, 0.6) is 0 Å². The zero-order valence-electron chi connectivity index (χ0n) is 11.7. The standard InChI is InChI=1S/C15H21N3O2/c19-14(12-18-10-6-1-2-7-11-18)17-15(20)16-13-8-4-3-5-9-13/h3-5,8-9H,1-2,6-7,10-12H2,(H2,16,17,19,20)/p+1. The summed E-state index contributed by atoms with van der Waals surface area (Å²) in [5.41, 5.74) is 0.680. The van der Waals surface area contributed by atoms with Crippen molar-refractivity contribution in [3.63, 3.8) is 0 Å². The molecule has 3 N–H and O–H groups in total. The molecule has 0 saturated carbocycles. The first kappa shape index (κ1) is 14.5. The Hall–Kier alpha value is -1.88. The van der Waals surface area contributed by atoms with Gasteiger partial charge in [-0.25, -0.2) is 4.79 Å². The van der Waals surface area contributed by atoms with Crippen LogP contribution in [0.2, 0.25) is 0 Å². The molecule has 0 radical (unpaired) electrons. The number of likely N-dealkylation sites (tertiary alicyclic amines) is 1. The summed E-state index contributed by atoms with van der Waals surface area (Å²) in [5.74, 6) is -0.213. The maximum Gasteiger partial charge on any atom is 0.326 e. The number of hydrogen-bond donors (Lipinski definition) is 3. The number of carbonyl (C=O) groups is 2. The molecule has 0 aliphatic carbocycles. The minimum atomic E-state index is -0.463. The van der Waals surface area contributed by atoms with Crippen LogP contribution in [0.1, 0.15) is 25.7 Å². The molecule has 3 amide bonds. The van der Waals surface area contributed by atoms with Gasteiger partial charge in [0, 0.05) is 5.69 Å². The van der Waals surface area contributed by atoms with Crippen LogP contribution in [-0.2, 0) is 4.79 Å². The van der Waals surface area contributed by atoms with E-state index < -0.39 is 6.03 Å². The Labute approximate surface area is 119 Å². The number of para-hydroxylation sites is 1. The Kier molecular flexibility index (Phi) is 5.55. The highest BCUT2D eigenvalue weighted by Crippen LogP contribution is 2.04. The summed E-state index contributed by atoms with van der Waals surface area (Å²) in [7, 11) is 0. The Morgan fingerprint density at radius 3 is 2.30 bits per heavy atom. The minimum Gasteiger partial charge on any atom is -0.327 e. The van der Waals surface area contributed by atoms with E-state index >= 15 is 0 Å². The fourth-order valence-corrected chi connectivity index (χ4v) is 2.49. The van der Waals surface area contributed by atoms with Gasteiger partial charge in [0.2, 0.25) is 0 Å². The number of anilines is 1. The number of quaternary nitrogens is 1. The largest absolute Gasteiger partial charge is 0.327 e. The Morgan fingerprint density at radius 2 is 1.65 bits per heavy atom. The molecular weight excluding hydrogens is 254 g/mol. The summed E-state index contributed by atoms with van der Waals surface area (Å²) in [5, 5.41) is 5.03. The van der Waals surface area contributed by atoms with Gasteiger partial charge in [0.25, 0.3) is 5.91 Å². The molecule has 0 unspecified atom stereocenters. The van der Waals surface area contributed by atoms with Crippen molar-refractivity contribution in [3.8, 4) is 0 Å². The maximum atomic E-state index is 11.8. The van der Waals surface area contributed by atoms with E-state index in [-0.39, 0.29) is 5.91 Å². The summed E-state index contributed by atoms with van der Waals surface area (Å²) < 4.78 is 0. The van der Waals surface area contributed by atoms with Crippen molar-refractivity contribution < 1.29 is 14.5 Å². The van der Waals surface area contributed by atoms with E-state index in [9.17, 15) is 9.59 Å². The topological polar surface area (TPSA) is 62.6 Å². The van der Waals surface area contributed by atoms with Crippen molar-refractivity contribution in [3.05, 3.63) is 30.3 Å². The quantitative estimate of drug-likeness (QED) is 0.764. The second kappa shape index (κ2) is 7.65. The van der Waals surface area contributed by atoms with E-state index in [0.717, 1.165) is 13.1 Å². The van der Waals surface area contributed by atoms with Gasteiger partial charge in [-0.2, -0.15) is 0 Å². The molecule has 2 rings (SSSR count). The number of amides is 3. The number of imide groups is 1. The van der Waals surface area contributed by atoms with Gasteiger partial charge < -0.3 is 10.2 Å². The summed E-state index contributed by atoms with van der Waals surface area (Å²) in [6, 6.07) is 8.64. The third kappa shape index (κ3) is 5.01. The first-order valence-electron chi connectivity index (χ1n) is 7.23. The number of nitrogens with one attached hydrogen (secondary N) is 3. The maximum absolute atomic E-state index is 11.8. The van der Waals surface area contributed by atoms with E-state index in [1.54, 1.807) is 12.1 Å². The molecule has 5 heteroatoms. The van der Waals surface area contributed by atoms with E-state index in [1.807, 2.05) is 18.2 Å². The van der Waals surface area contributed by atoms with Gasteiger partial charge in [0.1, 0.15) is 0 Å². The zero-order valence-corrected chi connectivity index (χ0v) is 11.7. The van der Waals surface area contributed by atoms with Crippen LogP contribution in [0.3, 0.4) is 0 Å². The highest BCUT2D eigenvalue weighted by Gasteiger charge is 2.17. The number of benzene rings is 1. The first-order valence-corrected chi connectivity index (χ1v) is 7.23. The van der Waals surface area contributed by atoms with Crippen molar-refractivity contribution in [2.45, 2.75) is 25.7 Å². The van der Waals surface area contributed by atoms with E-state index in [4.69, 9.17) is 0 Å². The summed E-state index contributed by atoms with van der Waals surface area (Å²) in [6.07, 6.45) is 4.83. The normalized spacial score (nSPS) is 16.2. The fourth-order valence-electron chi connectivity index (χ4n) is 2.49. The molecule has 20 heavy (non-hydrogen) atoms. The molecule has 1 aliphatic heterocycles. The molecule has 0 atom stereocenters. The van der Waals surface area contributed by atoms with Gasteiger partial charge >= 0.3 is 6.03 Å². The Bertz CT molecular complexity index is 440. The van der Waals surface area contributed by atoms with Crippen molar-refractivity contribution >= 4 is 17.6 Å². The molecule has 1 aromatic rings. The zero-order chi connectivity index (χ0) is 14.2. The van der Waals surface area contributed by atoms with Gasteiger partial charge in [0.15, 0.2) is 6.54 Å². The van der Waals surface area contributed by atoms with Crippen molar-refractivity contribution in [1.29, 1.82) is 0 Å². The first-order chi connectivity index (χ1) is 9.74. The van der Waals surface area contributed by atoms with Crippen LogP contribution >= 0.6 is 0 Å². The summed E-state index contributed by atoms with van der Waals surface area (Å²) >= 11 is 0. The lowest BCUT2D eigenvalue weighted by Gasteiger charge is -2.16. The lowest BCUT2D eigenvalue weighted by Crippen LogP contribution is -3.13. The molecule has 1 aliphatic rings. The van der Waals surface area contributed by atoms with Crippen molar-refractivity contribution in [1.82, 2.24) is 5.32 Å². The van der Waals surface area contributed by atoms with Crippen LogP contribution < -0.4 is 15.5 Å². The highest BCUT2D eigenvalue weighted by atomic mass is 16.2. The number of carbonyl (C=O) groups excluding carboxylic acids is 2. The fraction of sp³-hybridized carbons (Fsp3) is 0.467. The van der Waals surface area contributed by atoms with Crippen LogP contribution in [-0.4, -0.2) is 31.6 Å². The van der Waals surface area contributed by atoms with Gasteiger partial charge in [-0.05, 0) is 37.8 Å². The number of hydrogen-bond acceptors (Lipinski definition) is 2. The lowest BCUT2D eigenvalue weighted by molar-refractivity contribution is -0.891. The third-order valence-electron chi connectivity index (χ3n) is 3.51. The molecule has 1 aromatic carbocycles. The Morgan fingerprint density at radius 1 is 1.00 bits per heavy atom. The molecule has 0 aromatic heterocycles. The van der Waals surface area contributed by atoms with Crippen LogP contribution in [0.4, 0.5) is 10.5 Å². The molecule has 1 heterocycles. The highest BCUT2D eigenvalue weighted by molar-refractivity contribution is 6.01. The minimum absolute atomic E-state index is 0.213. The second-order valence-corrected chi connectivity index (χ2v) is 5.21. The molecule has 1 saturated heterocycles. The van der Waals surface area contributed by atoms with Gasteiger partial charge in [-0.1, -0.05) is 18.2 Å². The summed E-state index contributed by atoms with van der Waals surface area (Å²) in [4.78, 5) is 24.8. The Balaban J connectivity index is 1.74. The smallest absolute Gasteiger partial charge is 0.326 e. The van der Waals surface area contributed by atoms with E-state index in [2.05, 4.69) is 10.6 Å². The van der Waals surface area contributed by atoms with Gasteiger partial charge in [0.05, 0.1) is 13.1 Å². The van der Waals surface area contributed by atoms with Crippen LogP contribution in [0.25, 0.3) is 0 Å². The molecule has 0 spiro atoms. The van der Waals surface area contributed by atoms with Crippen LogP contribution in [0.15, 0.2) is 30.3 Å². The summed E-state index contributed by atoms with van der Waals surface area (Å²) in [6.45, 7) is 2.42. The van der Waals surface area contributed by atoms with Crippen LogP contribution in [0, 0.1) is 0 Å². The molecule has 0 bridgehead atoms. The number of rotatable bonds is 3. The molecule has 108 valence electrons. The molecular formula is C15H22N3O2+. The molecule has 5 nitrogen and oxygen atoms in total. The average Bonchev–Trinajstić information content (AvgIpc) is 2.68. The predicted octanol–water partition coefficient (Wildman–Crippen LogP) is 0.794. The third-order valence-corrected chi connectivity index (χ3v) is 3.51. The van der Waals surface area contributed by atoms with E-state index in [0.29, 0.717) is 12.2 Å². The van der Waals surface area contributed by atoms with E-state index in [1.165, 1.54) is 30.6 Å². The van der Waals surface area contributed by atoms with Gasteiger partial charge in [-0.15, -0.1) is 0 Å². The van der Waals surface area contributed by atoms with Gasteiger partial charge in [-0.3, -0.25) is 10.1 Å². The monoisotopic (exact) mass is 276 g/mol. The van der Waals surface area contributed by atoms with Crippen molar-refractivity contribution in [2.24, 2.45) is 0 Å². The second-order valence-electron chi connectivity index (χ2n) is 5.21. The van der Waals surface area contributed by atoms with Crippen molar-refractivity contribution in [2.75, 3.05) is 25.0 Å². The molecule has 1 fully saturated rings. The predicted molar refractivity (Wildman–Crippen MR) is 77.6 cm³/mol. The SMILES string of the molecule is O=C(C[NH+]1CCCCCC1)NC(=O)Nc1ccccc1. The number of urea groups is 1. The lowest BCUT2D eigenvalue weighted by atomic mass is 10.2. The average molecular weight is 276 g/mol.